The number of likely N-dealkylation sites (N-methyl/N-ethyl adjacent to an activating group) is 1. The third kappa shape index (κ3) is 3.40. The normalized spacial score (nSPS) is 11.5. The standard InChI is InChI=1S/C13H20N2/c1-10(2)11-6-7-13(14)12(9-11)5-4-8-15-3/h4-7,9-10,15H,8,14H2,1-3H3. The van der Waals surface area contributed by atoms with Crippen LogP contribution in [0.25, 0.3) is 6.08 Å². The third-order valence-corrected chi connectivity index (χ3v) is 2.40. The molecule has 0 unspecified atom stereocenters. The highest BCUT2D eigenvalue weighted by molar-refractivity contribution is 5.65. The highest BCUT2D eigenvalue weighted by atomic mass is 14.8. The van der Waals surface area contributed by atoms with Crippen LogP contribution in [0.2, 0.25) is 0 Å². The number of nitrogens with one attached hydrogen (secondary N) is 1. The van der Waals surface area contributed by atoms with Crippen molar-refractivity contribution in [2.75, 3.05) is 19.3 Å². The quantitative estimate of drug-likeness (QED) is 0.740. The molecule has 2 heteroatoms. The van der Waals surface area contributed by atoms with Gasteiger partial charge in [0.2, 0.25) is 0 Å². The van der Waals surface area contributed by atoms with Crippen molar-refractivity contribution in [1.82, 2.24) is 5.32 Å². The van der Waals surface area contributed by atoms with Crippen molar-refractivity contribution in [2.24, 2.45) is 0 Å². The van der Waals surface area contributed by atoms with Gasteiger partial charge in [-0.15, -0.1) is 0 Å². The van der Waals surface area contributed by atoms with Gasteiger partial charge >= 0.3 is 0 Å². The van der Waals surface area contributed by atoms with E-state index in [2.05, 4.69) is 43.4 Å². The van der Waals surface area contributed by atoms with Crippen LogP contribution in [0.15, 0.2) is 24.3 Å². The number of hydrogen-bond acceptors (Lipinski definition) is 2. The van der Waals surface area contributed by atoms with Crippen molar-refractivity contribution in [3.63, 3.8) is 0 Å². The summed E-state index contributed by atoms with van der Waals surface area (Å²) in [7, 11) is 1.93. The van der Waals surface area contributed by atoms with Crippen LogP contribution in [-0.2, 0) is 0 Å². The molecule has 1 aromatic carbocycles. The molecular formula is C13H20N2. The molecule has 0 atom stereocenters. The van der Waals surface area contributed by atoms with E-state index in [4.69, 9.17) is 5.73 Å². The summed E-state index contributed by atoms with van der Waals surface area (Å²) in [5.41, 5.74) is 9.17. The summed E-state index contributed by atoms with van der Waals surface area (Å²) >= 11 is 0. The van der Waals surface area contributed by atoms with Crippen molar-refractivity contribution in [3.05, 3.63) is 35.4 Å². The fourth-order valence-electron chi connectivity index (χ4n) is 1.40. The molecule has 0 aliphatic rings. The highest BCUT2D eigenvalue weighted by Gasteiger charge is 2.01. The molecule has 0 aliphatic heterocycles. The molecule has 0 saturated heterocycles. The first-order chi connectivity index (χ1) is 7.15. The number of benzene rings is 1. The maximum atomic E-state index is 5.90. The van der Waals surface area contributed by atoms with Gasteiger partial charge in [-0.3, -0.25) is 0 Å². The molecular weight excluding hydrogens is 184 g/mol. The Morgan fingerprint density at radius 2 is 2.13 bits per heavy atom. The highest BCUT2D eigenvalue weighted by Crippen LogP contribution is 2.21. The minimum atomic E-state index is 0.544. The molecule has 0 fully saturated rings. The van der Waals surface area contributed by atoms with E-state index in [1.165, 1.54) is 5.56 Å². The van der Waals surface area contributed by atoms with Gasteiger partial charge in [0.25, 0.3) is 0 Å². The van der Waals surface area contributed by atoms with Crippen LogP contribution in [0.4, 0.5) is 5.69 Å². The Balaban J connectivity index is 2.90. The Morgan fingerprint density at radius 1 is 1.40 bits per heavy atom. The first kappa shape index (κ1) is 11.8. The monoisotopic (exact) mass is 204 g/mol. The fourth-order valence-corrected chi connectivity index (χ4v) is 1.40. The second-order valence-electron chi connectivity index (χ2n) is 4.00. The predicted octanol–water partition coefficient (Wildman–Crippen LogP) is 2.62. The summed E-state index contributed by atoms with van der Waals surface area (Å²) in [6.45, 7) is 5.24. The van der Waals surface area contributed by atoms with Crippen molar-refractivity contribution >= 4 is 11.8 Å². The lowest BCUT2D eigenvalue weighted by Gasteiger charge is -2.08. The van der Waals surface area contributed by atoms with E-state index in [1.807, 2.05) is 13.1 Å². The summed E-state index contributed by atoms with van der Waals surface area (Å²) in [4.78, 5) is 0. The van der Waals surface area contributed by atoms with Crippen LogP contribution >= 0.6 is 0 Å². The van der Waals surface area contributed by atoms with Gasteiger partial charge in [0, 0.05) is 12.2 Å². The predicted molar refractivity (Wildman–Crippen MR) is 67.9 cm³/mol. The largest absolute Gasteiger partial charge is 0.398 e. The minimum absolute atomic E-state index is 0.544. The summed E-state index contributed by atoms with van der Waals surface area (Å²) in [5.74, 6) is 0.544. The molecule has 0 saturated carbocycles. The summed E-state index contributed by atoms with van der Waals surface area (Å²) in [5, 5.41) is 3.07. The second kappa shape index (κ2) is 5.56. The van der Waals surface area contributed by atoms with Gasteiger partial charge in [-0.1, -0.05) is 32.1 Å². The van der Waals surface area contributed by atoms with Crippen LogP contribution in [-0.4, -0.2) is 13.6 Å². The second-order valence-corrected chi connectivity index (χ2v) is 4.00. The molecule has 3 N–H and O–H groups in total. The van der Waals surface area contributed by atoms with Crippen LogP contribution < -0.4 is 11.1 Å². The van der Waals surface area contributed by atoms with E-state index in [9.17, 15) is 0 Å². The smallest absolute Gasteiger partial charge is 0.0387 e. The maximum absolute atomic E-state index is 5.90. The topological polar surface area (TPSA) is 38.0 Å². The van der Waals surface area contributed by atoms with Gasteiger partial charge in [0.05, 0.1) is 0 Å². The molecule has 0 amide bonds. The lowest BCUT2D eigenvalue weighted by Crippen LogP contribution is -2.03. The lowest BCUT2D eigenvalue weighted by molar-refractivity contribution is 0.866. The van der Waals surface area contributed by atoms with Crippen LogP contribution in [0.5, 0.6) is 0 Å². The molecule has 0 radical (unpaired) electrons. The van der Waals surface area contributed by atoms with Gasteiger partial charge in [-0.25, -0.2) is 0 Å². The lowest BCUT2D eigenvalue weighted by atomic mass is 9.99. The van der Waals surface area contributed by atoms with Crippen molar-refractivity contribution in [1.29, 1.82) is 0 Å². The molecule has 82 valence electrons. The minimum Gasteiger partial charge on any atom is -0.398 e. The Kier molecular flexibility index (Phi) is 4.37. The summed E-state index contributed by atoms with van der Waals surface area (Å²) in [6, 6.07) is 6.23. The van der Waals surface area contributed by atoms with Crippen LogP contribution in [0.1, 0.15) is 30.9 Å². The molecule has 15 heavy (non-hydrogen) atoms. The molecule has 0 spiro atoms. The summed E-state index contributed by atoms with van der Waals surface area (Å²) in [6.07, 6.45) is 4.15. The van der Waals surface area contributed by atoms with Gasteiger partial charge in [0.15, 0.2) is 0 Å². The molecule has 2 nitrogen and oxygen atoms in total. The molecule has 0 aliphatic carbocycles. The van der Waals surface area contributed by atoms with Crippen molar-refractivity contribution < 1.29 is 0 Å². The number of rotatable bonds is 4. The number of nitrogen functional groups attached to an aromatic ring is 1. The van der Waals surface area contributed by atoms with Crippen LogP contribution in [0.3, 0.4) is 0 Å². The molecule has 1 rings (SSSR count). The molecule has 0 bridgehead atoms. The Bertz CT molecular complexity index is 340. The van der Waals surface area contributed by atoms with E-state index in [-0.39, 0.29) is 0 Å². The Morgan fingerprint density at radius 3 is 2.73 bits per heavy atom. The molecule has 0 heterocycles. The number of nitrogens with two attached hydrogens (primary N) is 1. The van der Waals surface area contributed by atoms with E-state index >= 15 is 0 Å². The number of hydrogen-bond donors (Lipinski definition) is 2. The van der Waals surface area contributed by atoms with Gasteiger partial charge in [0.1, 0.15) is 0 Å². The van der Waals surface area contributed by atoms with E-state index in [1.54, 1.807) is 0 Å². The van der Waals surface area contributed by atoms with Gasteiger partial charge in [-0.2, -0.15) is 0 Å². The fraction of sp³-hybridized carbons (Fsp3) is 0.385. The molecule has 1 aromatic rings. The van der Waals surface area contributed by atoms with E-state index in [0.717, 1.165) is 17.8 Å². The van der Waals surface area contributed by atoms with Gasteiger partial charge in [-0.05, 0) is 36.2 Å². The first-order valence-electron chi connectivity index (χ1n) is 5.35. The first-order valence-corrected chi connectivity index (χ1v) is 5.35. The average Bonchev–Trinajstić information content (AvgIpc) is 2.20. The zero-order valence-electron chi connectivity index (χ0n) is 9.75. The number of anilines is 1. The zero-order chi connectivity index (χ0) is 11.3. The Labute approximate surface area is 92.2 Å². The zero-order valence-corrected chi connectivity index (χ0v) is 9.75. The maximum Gasteiger partial charge on any atom is 0.0387 e. The van der Waals surface area contributed by atoms with Crippen LogP contribution in [0, 0.1) is 0 Å². The van der Waals surface area contributed by atoms with E-state index < -0.39 is 0 Å². The van der Waals surface area contributed by atoms with Crippen molar-refractivity contribution in [2.45, 2.75) is 19.8 Å². The Hall–Kier alpha value is -1.28. The van der Waals surface area contributed by atoms with E-state index in [0.29, 0.717) is 5.92 Å². The van der Waals surface area contributed by atoms with Crippen molar-refractivity contribution in [3.8, 4) is 0 Å². The third-order valence-electron chi connectivity index (χ3n) is 2.40. The SMILES string of the molecule is CNCC=Cc1cc(C(C)C)ccc1N. The average molecular weight is 204 g/mol. The molecule has 0 aromatic heterocycles. The summed E-state index contributed by atoms with van der Waals surface area (Å²) < 4.78 is 0. The van der Waals surface area contributed by atoms with Gasteiger partial charge < -0.3 is 11.1 Å².